The fourth-order valence-electron chi connectivity index (χ4n) is 6.86. The van der Waals surface area contributed by atoms with E-state index in [9.17, 15) is 14.7 Å². The lowest BCUT2D eigenvalue weighted by Gasteiger charge is -2.56. The van der Waals surface area contributed by atoms with Crippen molar-refractivity contribution in [2.24, 2.45) is 28.6 Å². The smallest absolute Gasteiger partial charge is 0.161 e. The molecule has 6 unspecified atom stereocenters. The monoisotopic (exact) mass is 342 g/mol. The highest BCUT2D eigenvalue weighted by Gasteiger charge is 2.64. The maximum absolute atomic E-state index is 12.3. The molecule has 0 aliphatic heterocycles. The molecule has 0 bridgehead atoms. The summed E-state index contributed by atoms with van der Waals surface area (Å²) in [6, 6.07) is 0. The molecule has 25 heavy (non-hydrogen) atoms. The van der Waals surface area contributed by atoms with Crippen molar-refractivity contribution in [3.8, 4) is 0 Å². The van der Waals surface area contributed by atoms with Crippen LogP contribution in [-0.2, 0) is 9.59 Å². The molecule has 136 valence electrons. The highest BCUT2D eigenvalue weighted by atomic mass is 16.3. The van der Waals surface area contributed by atoms with Crippen LogP contribution in [0.15, 0.2) is 23.3 Å². The summed E-state index contributed by atoms with van der Waals surface area (Å²) in [5.41, 5.74) is 1.26. The fourth-order valence-corrected chi connectivity index (χ4v) is 6.86. The zero-order valence-corrected chi connectivity index (χ0v) is 15.9. The van der Waals surface area contributed by atoms with E-state index in [2.05, 4.69) is 26.8 Å². The van der Waals surface area contributed by atoms with Gasteiger partial charge < -0.3 is 5.11 Å². The van der Waals surface area contributed by atoms with E-state index in [0.717, 1.165) is 25.7 Å². The molecular weight excluding hydrogens is 312 g/mol. The fraction of sp³-hybridized carbons (Fsp3) is 0.727. The Kier molecular flexibility index (Phi) is 3.55. The predicted octanol–water partition coefficient (Wildman–Crippen LogP) is 4.00. The van der Waals surface area contributed by atoms with E-state index >= 15 is 0 Å². The van der Waals surface area contributed by atoms with Crippen LogP contribution in [0.1, 0.15) is 66.2 Å². The average Bonchev–Trinajstić information content (AvgIpc) is 2.83. The number of aliphatic hydroxyl groups is 1. The van der Waals surface area contributed by atoms with Crippen LogP contribution in [0.3, 0.4) is 0 Å². The molecule has 0 heterocycles. The molecule has 3 nitrogen and oxygen atoms in total. The summed E-state index contributed by atoms with van der Waals surface area (Å²) < 4.78 is 0. The van der Waals surface area contributed by atoms with Gasteiger partial charge in [-0.3, -0.25) is 9.59 Å². The van der Waals surface area contributed by atoms with Crippen LogP contribution in [0.25, 0.3) is 0 Å². The average molecular weight is 342 g/mol. The lowest BCUT2D eigenvalue weighted by atomic mass is 9.49. The van der Waals surface area contributed by atoms with Gasteiger partial charge in [-0.05, 0) is 62.9 Å². The molecule has 4 aliphatic carbocycles. The number of ketones is 2. The first-order valence-electron chi connectivity index (χ1n) is 9.82. The van der Waals surface area contributed by atoms with Gasteiger partial charge in [-0.25, -0.2) is 0 Å². The number of Topliss-reactive ketones (excluding diaryl/α,β-unsaturated/α-hetero) is 1. The van der Waals surface area contributed by atoms with Crippen molar-refractivity contribution in [1.82, 2.24) is 0 Å². The number of carbonyl (C=O) groups is 2. The summed E-state index contributed by atoms with van der Waals surface area (Å²) in [5.74, 6) is 1.38. The third-order valence-corrected chi connectivity index (χ3v) is 8.39. The number of fused-ring (bicyclic) bond motifs is 5. The Hall–Kier alpha value is -1.22. The van der Waals surface area contributed by atoms with Crippen molar-refractivity contribution in [3.63, 3.8) is 0 Å². The summed E-state index contributed by atoms with van der Waals surface area (Å²) in [4.78, 5) is 24.3. The van der Waals surface area contributed by atoms with Gasteiger partial charge in [-0.1, -0.05) is 38.0 Å². The highest BCUT2D eigenvalue weighted by molar-refractivity contribution is 5.92. The van der Waals surface area contributed by atoms with Crippen molar-refractivity contribution in [3.05, 3.63) is 23.3 Å². The van der Waals surface area contributed by atoms with Gasteiger partial charge in [0, 0.05) is 17.3 Å². The first-order valence-corrected chi connectivity index (χ1v) is 9.82. The third-order valence-electron chi connectivity index (χ3n) is 8.39. The van der Waals surface area contributed by atoms with Gasteiger partial charge in [0.05, 0.1) is 0 Å². The molecule has 0 saturated heterocycles. The second-order valence-corrected chi connectivity index (χ2v) is 9.48. The van der Waals surface area contributed by atoms with Gasteiger partial charge >= 0.3 is 0 Å². The van der Waals surface area contributed by atoms with E-state index in [1.54, 1.807) is 6.92 Å². The molecule has 0 aromatic carbocycles. The SMILES string of the molecule is CC(=O)C1(O)CCC2C3CC(C)C4=CC(=O)CCC4(C)C3=CCC21C. The molecule has 3 heteroatoms. The maximum Gasteiger partial charge on any atom is 0.161 e. The minimum atomic E-state index is -1.18. The van der Waals surface area contributed by atoms with Crippen LogP contribution in [0.5, 0.6) is 0 Å². The standard InChI is InChI=1S/C22H30O3/c1-13-11-16-17(20(3)8-5-15(24)12-19(13)20)6-9-21(4)18(16)7-10-22(21,25)14(2)23/h6,12-13,16,18,25H,5,7-11H2,1-4H3. The Bertz CT molecular complexity index is 717. The van der Waals surface area contributed by atoms with Gasteiger partial charge in [0.15, 0.2) is 11.6 Å². The summed E-state index contributed by atoms with van der Waals surface area (Å²) in [7, 11) is 0. The minimum Gasteiger partial charge on any atom is -0.381 e. The van der Waals surface area contributed by atoms with E-state index in [0.29, 0.717) is 30.6 Å². The Labute approximate surface area is 150 Å². The molecule has 0 amide bonds. The maximum atomic E-state index is 12.3. The molecule has 2 fully saturated rings. The number of allylic oxidation sites excluding steroid dienone is 4. The molecule has 0 spiro atoms. The molecule has 0 radical (unpaired) electrons. The Morgan fingerprint density at radius 3 is 2.64 bits per heavy atom. The second-order valence-electron chi connectivity index (χ2n) is 9.48. The molecule has 6 atom stereocenters. The highest BCUT2D eigenvalue weighted by Crippen LogP contribution is 2.66. The van der Waals surface area contributed by atoms with Crippen LogP contribution >= 0.6 is 0 Å². The van der Waals surface area contributed by atoms with E-state index < -0.39 is 5.60 Å². The van der Waals surface area contributed by atoms with Crippen LogP contribution < -0.4 is 0 Å². The molecular formula is C22H30O3. The van der Waals surface area contributed by atoms with Crippen molar-refractivity contribution >= 4 is 11.6 Å². The zero-order valence-electron chi connectivity index (χ0n) is 15.9. The number of hydrogen-bond donors (Lipinski definition) is 1. The first kappa shape index (κ1) is 17.2. The third kappa shape index (κ3) is 2.02. The van der Waals surface area contributed by atoms with Crippen molar-refractivity contribution in [2.75, 3.05) is 0 Å². The normalized spacial score (nSPS) is 48.8. The van der Waals surface area contributed by atoms with Crippen molar-refractivity contribution in [1.29, 1.82) is 0 Å². The first-order chi connectivity index (χ1) is 11.6. The molecule has 1 N–H and O–H groups in total. The topological polar surface area (TPSA) is 54.4 Å². The Morgan fingerprint density at radius 1 is 1.24 bits per heavy atom. The summed E-state index contributed by atoms with van der Waals surface area (Å²) >= 11 is 0. The van der Waals surface area contributed by atoms with Gasteiger partial charge in [-0.15, -0.1) is 0 Å². The predicted molar refractivity (Wildman–Crippen MR) is 96.9 cm³/mol. The van der Waals surface area contributed by atoms with E-state index in [4.69, 9.17) is 0 Å². The second kappa shape index (κ2) is 5.16. The molecule has 2 saturated carbocycles. The number of carbonyl (C=O) groups excluding carboxylic acids is 2. The minimum absolute atomic E-state index is 0.00545. The van der Waals surface area contributed by atoms with Gasteiger partial charge in [0.1, 0.15) is 5.60 Å². The van der Waals surface area contributed by atoms with Crippen LogP contribution in [0, 0.1) is 28.6 Å². The lowest BCUT2D eigenvalue weighted by molar-refractivity contribution is -0.150. The Balaban J connectivity index is 1.81. The van der Waals surface area contributed by atoms with E-state index in [1.807, 2.05) is 6.08 Å². The summed E-state index contributed by atoms with van der Waals surface area (Å²) in [6.45, 7) is 8.24. The zero-order chi connectivity index (χ0) is 18.2. The lowest BCUT2D eigenvalue weighted by Crippen LogP contribution is -2.54. The molecule has 0 aromatic heterocycles. The molecule has 0 aromatic rings. The van der Waals surface area contributed by atoms with E-state index in [-0.39, 0.29) is 22.4 Å². The number of rotatable bonds is 1. The van der Waals surface area contributed by atoms with Crippen molar-refractivity contribution < 1.29 is 14.7 Å². The van der Waals surface area contributed by atoms with Gasteiger partial charge in [0.25, 0.3) is 0 Å². The molecule has 4 rings (SSSR count). The Morgan fingerprint density at radius 2 is 1.96 bits per heavy atom. The van der Waals surface area contributed by atoms with Crippen LogP contribution in [-0.4, -0.2) is 22.3 Å². The van der Waals surface area contributed by atoms with Crippen LogP contribution in [0.2, 0.25) is 0 Å². The molecule has 4 aliphatic rings. The summed E-state index contributed by atoms with van der Waals surface area (Å²) in [5, 5.41) is 11.2. The largest absolute Gasteiger partial charge is 0.381 e. The number of hydrogen-bond acceptors (Lipinski definition) is 3. The van der Waals surface area contributed by atoms with Crippen molar-refractivity contribution in [2.45, 2.75) is 71.8 Å². The summed E-state index contributed by atoms with van der Waals surface area (Å²) in [6.07, 6.45) is 9.11. The quantitative estimate of drug-likeness (QED) is 0.733. The van der Waals surface area contributed by atoms with Gasteiger partial charge in [-0.2, -0.15) is 0 Å². The van der Waals surface area contributed by atoms with Crippen LogP contribution in [0.4, 0.5) is 0 Å². The van der Waals surface area contributed by atoms with Gasteiger partial charge in [0.2, 0.25) is 0 Å². The van der Waals surface area contributed by atoms with E-state index in [1.165, 1.54) is 11.1 Å².